The zero-order valence-electron chi connectivity index (χ0n) is 25.2. The fraction of sp³-hybridized carbons (Fsp3) is 0.774. The van der Waals surface area contributed by atoms with Gasteiger partial charge in [0.1, 0.15) is 29.5 Å². The lowest BCUT2D eigenvalue weighted by atomic mass is 9.42. The second-order valence-electron chi connectivity index (χ2n) is 13.7. The van der Waals surface area contributed by atoms with E-state index >= 15 is 0 Å². The van der Waals surface area contributed by atoms with Crippen LogP contribution in [0.5, 0.6) is 0 Å². The maximum absolute atomic E-state index is 13.5. The van der Waals surface area contributed by atoms with E-state index in [2.05, 4.69) is 4.90 Å². The Hall–Kier alpha value is -1.19. The fourth-order valence-corrected chi connectivity index (χ4v) is 11.8. The van der Waals surface area contributed by atoms with Gasteiger partial charge in [-0.1, -0.05) is 18.2 Å². The largest absolute Gasteiger partial charge is 0.455 e. The average molecular weight is 671 g/mol. The summed E-state index contributed by atoms with van der Waals surface area (Å²) in [5, 5.41) is 49.4. The van der Waals surface area contributed by atoms with Crippen LogP contribution in [-0.4, -0.2) is 134 Å². The quantitative estimate of drug-likeness (QED) is 0.297. The molecule has 240 valence electrons. The van der Waals surface area contributed by atoms with Gasteiger partial charge in [0.05, 0.1) is 30.5 Å². The highest BCUT2D eigenvalue weighted by Crippen LogP contribution is 2.80. The number of aliphatic hydroxyl groups excluding tert-OH is 2. The third-order valence-electron chi connectivity index (χ3n) is 12.6. The Morgan fingerprint density at radius 1 is 1.00 bits per heavy atom. The number of ether oxygens (including phenoxy) is 5. The summed E-state index contributed by atoms with van der Waals surface area (Å²) in [6.45, 7) is 0.760. The average Bonchev–Trinajstić information content (AvgIpc) is 3.37. The second kappa shape index (κ2) is 10.4. The number of hydrogen-bond acceptors (Lipinski definition) is 11. The van der Waals surface area contributed by atoms with Crippen LogP contribution < -0.4 is 0 Å². The monoisotopic (exact) mass is 669 g/mol. The van der Waals surface area contributed by atoms with Crippen LogP contribution in [0.2, 0.25) is 0 Å². The van der Waals surface area contributed by atoms with Gasteiger partial charge in [-0.15, -0.1) is 17.0 Å². The molecule has 6 aliphatic rings. The molecule has 1 aromatic rings. The van der Waals surface area contributed by atoms with Crippen molar-refractivity contribution in [3.63, 3.8) is 0 Å². The van der Waals surface area contributed by atoms with E-state index in [1.165, 1.54) is 7.11 Å². The van der Waals surface area contributed by atoms with E-state index < -0.39 is 82.4 Å². The summed E-state index contributed by atoms with van der Waals surface area (Å²) in [6, 6.07) is 8.22. The van der Waals surface area contributed by atoms with Gasteiger partial charge < -0.3 is 49.0 Å². The van der Waals surface area contributed by atoms with Gasteiger partial charge in [0.15, 0.2) is 0 Å². The number of hydrogen-bond donors (Lipinski definition) is 4. The Balaban J connectivity index is 0.00000329. The molecule has 1 heterocycles. The summed E-state index contributed by atoms with van der Waals surface area (Å²) in [6.07, 6.45) is -5.28. The molecule has 5 aliphatic carbocycles. The Bertz CT molecular complexity index is 1240. The molecule has 0 aromatic heterocycles. The summed E-state index contributed by atoms with van der Waals surface area (Å²) in [7, 11) is 8.22. The predicted molar refractivity (Wildman–Crippen MR) is 157 cm³/mol. The smallest absolute Gasteiger partial charge is 0.338 e. The maximum atomic E-state index is 13.5. The van der Waals surface area contributed by atoms with E-state index in [9.17, 15) is 25.2 Å². The molecule has 7 rings (SSSR count). The third-order valence-corrected chi connectivity index (χ3v) is 12.6. The number of rotatable bonds is 7. The number of nitrogens with zero attached hydrogens (tertiary/aromatic N) is 1. The minimum Gasteiger partial charge on any atom is -0.455 e. The highest BCUT2D eigenvalue weighted by atomic mass is 79.9. The first-order chi connectivity index (χ1) is 20.0. The Morgan fingerprint density at radius 2 is 1.70 bits per heavy atom. The number of piperidine rings is 1. The molecule has 4 N–H and O–H groups in total. The third kappa shape index (κ3) is 3.48. The normalized spacial score (nSPS) is 52.4. The van der Waals surface area contributed by atoms with Gasteiger partial charge in [-0.3, -0.25) is 0 Å². The van der Waals surface area contributed by atoms with Crippen LogP contribution in [-0.2, 0) is 23.7 Å². The lowest BCUT2D eigenvalue weighted by molar-refractivity contribution is -0.318. The molecular weight excluding hydrogens is 626 g/mol. The molecular formula is C31H44BrNO10. The van der Waals surface area contributed by atoms with Crippen molar-refractivity contribution in [3.05, 3.63) is 35.9 Å². The van der Waals surface area contributed by atoms with Crippen LogP contribution in [0.1, 0.15) is 23.2 Å². The first kappa shape index (κ1) is 31.8. The first-order valence-corrected chi connectivity index (χ1v) is 14.9. The van der Waals surface area contributed by atoms with Crippen molar-refractivity contribution in [2.75, 3.05) is 48.6 Å². The molecule has 7 bridgehead atoms. The zero-order chi connectivity index (χ0) is 30.0. The molecule has 11 nitrogen and oxygen atoms in total. The van der Waals surface area contributed by atoms with Crippen molar-refractivity contribution in [2.45, 2.75) is 66.7 Å². The number of aliphatic hydroxyl groups is 4. The minimum absolute atomic E-state index is 0. The minimum atomic E-state index is -1.86. The van der Waals surface area contributed by atoms with Gasteiger partial charge in [0.25, 0.3) is 0 Å². The standard InChI is InChI=1S/C31H43NO10.BrH/c1-32-13-28(14-38-2)17(33)11-18(39-3)30-16-12-29(36)25(42-27(35)15-9-7-6-8-10-15)19(16)31(37,24(34)26(29)41-5)20(23(30)32)21(40-4)22(28)30;/h6-10,16-26,33-34,36-37H,11-14H2,1-5H3;1H/t16-,17-,18+,19-,20+,21+,22-,23?,24+,25-,26+,28+,29-,30+,31-;/m1./s1. The van der Waals surface area contributed by atoms with Crippen molar-refractivity contribution < 1.29 is 48.9 Å². The molecule has 1 spiro atoms. The zero-order valence-corrected chi connectivity index (χ0v) is 26.9. The van der Waals surface area contributed by atoms with E-state index in [-0.39, 0.29) is 42.0 Å². The molecule has 6 fully saturated rings. The number of carbonyl (C=O) groups excluding carboxylic acids is 1. The molecule has 5 saturated carbocycles. The van der Waals surface area contributed by atoms with Gasteiger partial charge in [-0.05, 0) is 31.5 Å². The first-order valence-electron chi connectivity index (χ1n) is 14.9. The van der Waals surface area contributed by atoms with Crippen molar-refractivity contribution in [1.29, 1.82) is 0 Å². The van der Waals surface area contributed by atoms with Crippen molar-refractivity contribution in [2.24, 2.45) is 34.5 Å². The van der Waals surface area contributed by atoms with Crippen LogP contribution in [0.25, 0.3) is 0 Å². The van der Waals surface area contributed by atoms with Crippen molar-refractivity contribution >= 4 is 23.0 Å². The van der Waals surface area contributed by atoms with Crippen LogP contribution >= 0.6 is 17.0 Å². The SMILES string of the molecule is Br.COC[C@]12CN(C)C3[C@@H]4[C@H](OC)[C@H]1[C@@]3([C@@H](OC)C[C@H]2O)[C@@H]1C[C@@]2(O)[C@H](OC(=O)c3ccccc3)[C@@H]1[C@]4(O)[C@@H](O)[C@@H]2OC. The Kier molecular flexibility index (Phi) is 7.70. The highest BCUT2D eigenvalue weighted by Gasteiger charge is 2.91. The molecule has 0 radical (unpaired) electrons. The van der Waals surface area contributed by atoms with E-state index in [1.54, 1.807) is 51.7 Å². The van der Waals surface area contributed by atoms with Gasteiger partial charge in [0, 0.05) is 76.0 Å². The molecule has 1 aliphatic heterocycles. The number of esters is 1. The van der Waals surface area contributed by atoms with Gasteiger partial charge >= 0.3 is 5.97 Å². The summed E-state index contributed by atoms with van der Waals surface area (Å²) < 4.78 is 30.3. The molecule has 1 aromatic carbocycles. The van der Waals surface area contributed by atoms with Crippen molar-refractivity contribution in [1.82, 2.24) is 4.90 Å². The highest BCUT2D eigenvalue weighted by molar-refractivity contribution is 8.93. The lowest BCUT2D eigenvalue weighted by Crippen LogP contribution is -2.80. The van der Waals surface area contributed by atoms with Gasteiger partial charge in [-0.25, -0.2) is 4.79 Å². The summed E-state index contributed by atoms with van der Waals surface area (Å²) in [4.78, 5) is 15.7. The predicted octanol–water partition coefficient (Wildman–Crippen LogP) is 0.265. The Morgan fingerprint density at radius 3 is 2.30 bits per heavy atom. The maximum Gasteiger partial charge on any atom is 0.338 e. The van der Waals surface area contributed by atoms with Crippen LogP contribution in [0, 0.1) is 34.5 Å². The number of benzene rings is 1. The number of carbonyl (C=O) groups is 1. The van der Waals surface area contributed by atoms with Crippen LogP contribution in [0.3, 0.4) is 0 Å². The van der Waals surface area contributed by atoms with E-state index in [1.807, 2.05) is 7.05 Å². The molecule has 15 atom stereocenters. The summed E-state index contributed by atoms with van der Waals surface area (Å²) >= 11 is 0. The molecule has 1 saturated heterocycles. The fourth-order valence-electron chi connectivity index (χ4n) is 11.8. The van der Waals surface area contributed by atoms with Gasteiger partial charge in [0.2, 0.25) is 0 Å². The van der Waals surface area contributed by atoms with E-state index in [0.29, 0.717) is 18.5 Å². The number of likely N-dealkylation sites (tertiary alicyclic amines) is 1. The van der Waals surface area contributed by atoms with E-state index in [4.69, 9.17) is 23.7 Å². The second-order valence-corrected chi connectivity index (χ2v) is 13.7. The van der Waals surface area contributed by atoms with Gasteiger partial charge in [-0.2, -0.15) is 0 Å². The molecule has 43 heavy (non-hydrogen) atoms. The summed E-state index contributed by atoms with van der Waals surface area (Å²) in [5.41, 5.74) is -4.81. The lowest BCUT2D eigenvalue weighted by Gasteiger charge is -2.69. The molecule has 12 heteroatoms. The van der Waals surface area contributed by atoms with E-state index in [0.717, 1.165) is 0 Å². The molecule has 0 amide bonds. The summed E-state index contributed by atoms with van der Waals surface area (Å²) in [5.74, 6) is -2.96. The number of halogens is 1. The van der Waals surface area contributed by atoms with Crippen molar-refractivity contribution in [3.8, 4) is 0 Å². The number of methoxy groups -OCH3 is 4. The Labute approximate surface area is 262 Å². The number of fused-ring (bicyclic) bond motifs is 2. The topological polar surface area (TPSA) is 147 Å². The molecule has 1 unspecified atom stereocenters. The van der Waals surface area contributed by atoms with Crippen LogP contribution in [0.15, 0.2) is 30.3 Å². The van der Waals surface area contributed by atoms with Crippen LogP contribution in [0.4, 0.5) is 0 Å².